The van der Waals surface area contributed by atoms with Gasteiger partial charge in [0, 0.05) is 37.1 Å². The predicted molar refractivity (Wildman–Crippen MR) is 104 cm³/mol. The highest BCUT2D eigenvalue weighted by Gasteiger charge is 2.23. The molecular formula is C20H25N5O2. The number of hydrogen-bond acceptors (Lipinski definition) is 3. The van der Waals surface area contributed by atoms with Crippen molar-refractivity contribution in [1.82, 2.24) is 15.1 Å². The summed E-state index contributed by atoms with van der Waals surface area (Å²) in [6.07, 6.45) is 4.74. The van der Waals surface area contributed by atoms with Crippen LogP contribution in [-0.2, 0) is 24.2 Å². The maximum Gasteiger partial charge on any atom is 0.321 e. The van der Waals surface area contributed by atoms with Crippen LogP contribution in [0.2, 0.25) is 0 Å². The van der Waals surface area contributed by atoms with E-state index in [0.29, 0.717) is 13.0 Å². The number of aromatic nitrogens is 2. The molecule has 2 N–H and O–H groups in total. The molecule has 0 radical (unpaired) electrons. The molecule has 2 aromatic rings. The van der Waals surface area contributed by atoms with E-state index in [9.17, 15) is 9.59 Å². The number of amides is 3. The summed E-state index contributed by atoms with van der Waals surface area (Å²) in [5.74, 6) is 0.168. The summed E-state index contributed by atoms with van der Waals surface area (Å²) in [6.45, 7) is 3.21. The molecule has 7 nitrogen and oxygen atoms in total. The van der Waals surface area contributed by atoms with Crippen molar-refractivity contribution in [2.24, 2.45) is 0 Å². The lowest BCUT2D eigenvalue weighted by Crippen LogP contribution is -2.31. The molecule has 0 atom stereocenters. The Morgan fingerprint density at radius 2 is 2.15 bits per heavy atom. The Morgan fingerprint density at radius 3 is 2.89 bits per heavy atom. The van der Waals surface area contributed by atoms with Crippen LogP contribution in [-0.4, -0.2) is 40.6 Å². The number of aromatic amines is 1. The van der Waals surface area contributed by atoms with Gasteiger partial charge < -0.3 is 15.1 Å². The highest BCUT2D eigenvalue weighted by molar-refractivity contribution is 5.96. The Labute approximate surface area is 158 Å². The summed E-state index contributed by atoms with van der Waals surface area (Å²) in [5.41, 5.74) is 6.07. The number of H-pyrrole nitrogens is 1. The topological polar surface area (TPSA) is 81.3 Å². The number of nitrogens with one attached hydrogen (secondary N) is 2. The first-order valence-electron chi connectivity index (χ1n) is 9.51. The Balaban J connectivity index is 1.41. The van der Waals surface area contributed by atoms with E-state index in [4.69, 9.17) is 0 Å². The standard InChI is InChI=1S/C20H25N5O2/c1-13-11-14(8-9-18(13)25-10-4-7-19(25)26)21-20(27)24(2)12-17-15-5-3-6-16(15)22-23-17/h8-9,11H,3-7,10,12H2,1-2H3,(H,21,27)(H,22,23). The van der Waals surface area contributed by atoms with Crippen LogP contribution in [0, 0.1) is 6.92 Å². The predicted octanol–water partition coefficient (Wildman–Crippen LogP) is 3.00. The summed E-state index contributed by atoms with van der Waals surface area (Å²) in [4.78, 5) is 28.0. The van der Waals surface area contributed by atoms with Crippen LogP contribution < -0.4 is 10.2 Å². The van der Waals surface area contributed by atoms with Crippen LogP contribution >= 0.6 is 0 Å². The van der Waals surface area contributed by atoms with Gasteiger partial charge in [-0.1, -0.05) is 0 Å². The summed E-state index contributed by atoms with van der Waals surface area (Å²) in [6, 6.07) is 5.51. The van der Waals surface area contributed by atoms with Gasteiger partial charge in [0.05, 0.1) is 12.2 Å². The number of nitrogens with zero attached hydrogens (tertiary/aromatic N) is 3. The van der Waals surface area contributed by atoms with Gasteiger partial charge in [0.2, 0.25) is 5.91 Å². The van der Waals surface area contributed by atoms with Crippen molar-refractivity contribution in [3.63, 3.8) is 0 Å². The fourth-order valence-electron chi connectivity index (χ4n) is 3.97. The molecule has 1 aliphatic carbocycles. The van der Waals surface area contributed by atoms with Gasteiger partial charge in [0.25, 0.3) is 0 Å². The Morgan fingerprint density at radius 1 is 1.30 bits per heavy atom. The van der Waals surface area contributed by atoms with Crippen molar-refractivity contribution in [2.45, 2.75) is 45.6 Å². The van der Waals surface area contributed by atoms with Gasteiger partial charge in [0.1, 0.15) is 0 Å². The van der Waals surface area contributed by atoms with Crippen molar-refractivity contribution in [3.05, 3.63) is 40.7 Å². The molecule has 1 aromatic carbocycles. The molecule has 1 fully saturated rings. The third-order valence-electron chi connectivity index (χ3n) is 5.44. The van der Waals surface area contributed by atoms with E-state index in [1.165, 1.54) is 11.3 Å². The van der Waals surface area contributed by atoms with Crippen LogP contribution in [0.25, 0.3) is 0 Å². The molecule has 4 rings (SSSR count). The fraction of sp³-hybridized carbons (Fsp3) is 0.450. The van der Waals surface area contributed by atoms with Crippen LogP contribution in [0.4, 0.5) is 16.2 Å². The van der Waals surface area contributed by atoms with E-state index in [-0.39, 0.29) is 11.9 Å². The molecule has 1 aliphatic heterocycles. The summed E-state index contributed by atoms with van der Waals surface area (Å²) in [7, 11) is 1.77. The van der Waals surface area contributed by atoms with Crippen molar-refractivity contribution < 1.29 is 9.59 Å². The number of rotatable bonds is 4. The Kier molecular flexibility index (Phi) is 4.59. The minimum absolute atomic E-state index is 0.168. The van der Waals surface area contributed by atoms with Crippen LogP contribution in [0.5, 0.6) is 0 Å². The number of anilines is 2. The molecule has 2 heterocycles. The van der Waals surface area contributed by atoms with Gasteiger partial charge in [-0.05, 0) is 61.9 Å². The van der Waals surface area contributed by atoms with Gasteiger partial charge in [-0.2, -0.15) is 5.10 Å². The number of aryl methyl sites for hydroxylation is 2. The average molecular weight is 367 g/mol. The second kappa shape index (κ2) is 7.06. The third kappa shape index (κ3) is 3.41. The summed E-state index contributed by atoms with van der Waals surface area (Å²) in [5, 5.41) is 10.4. The summed E-state index contributed by atoms with van der Waals surface area (Å²) < 4.78 is 0. The first-order chi connectivity index (χ1) is 13.0. The first kappa shape index (κ1) is 17.6. The highest BCUT2D eigenvalue weighted by atomic mass is 16.2. The van der Waals surface area contributed by atoms with Gasteiger partial charge in [-0.25, -0.2) is 4.79 Å². The lowest BCUT2D eigenvalue weighted by Gasteiger charge is -2.20. The van der Waals surface area contributed by atoms with Gasteiger partial charge in [-0.15, -0.1) is 0 Å². The van der Waals surface area contributed by atoms with E-state index in [1.807, 2.05) is 30.0 Å². The second-order valence-electron chi connectivity index (χ2n) is 7.42. The van der Waals surface area contributed by atoms with Crippen molar-refractivity contribution in [2.75, 3.05) is 23.8 Å². The van der Waals surface area contributed by atoms with Gasteiger partial charge in [0.15, 0.2) is 0 Å². The van der Waals surface area contributed by atoms with Crippen molar-refractivity contribution in [1.29, 1.82) is 0 Å². The zero-order valence-corrected chi connectivity index (χ0v) is 15.8. The van der Waals surface area contributed by atoms with E-state index in [1.54, 1.807) is 11.9 Å². The largest absolute Gasteiger partial charge is 0.322 e. The lowest BCUT2D eigenvalue weighted by atomic mass is 10.1. The van der Waals surface area contributed by atoms with E-state index in [2.05, 4.69) is 15.5 Å². The molecule has 142 valence electrons. The van der Waals surface area contributed by atoms with Crippen LogP contribution in [0.1, 0.15) is 41.8 Å². The molecular weight excluding hydrogens is 342 g/mol. The quantitative estimate of drug-likeness (QED) is 0.872. The smallest absolute Gasteiger partial charge is 0.321 e. The molecule has 0 bridgehead atoms. The SMILES string of the molecule is Cc1cc(NC(=O)N(C)Cc2n[nH]c3c2CCC3)ccc1N1CCCC1=O. The molecule has 2 aliphatic rings. The van der Waals surface area contributed by atoms with E-state index < -0.39 is 0 Å². The fourth-order valence-corrected chi connectivity index (χ4v) is 3.97. The zero-order chi connectivity index (χ0) is 19.0. The Bertz CT molecular complexity index is 888. The van der Waals surface area contributed by atoms with E-state index in [0.717, 1.165) is 54.9 Å². The maximum absolute atomic E-state index is 12.6. The maximum atomic E-state index is 12.6. The van der Waals surface area contributed by atoms with Gasteiger partial charge >= 0.3 is 6.03 Å². The Hall–Kier alpha value is -2.83. The molecule has 0 spiro atoms. The normalized spacial score (nSPS) is 15.9. The average Bonchev–Trinajstić information content (AvgIpc) is 3.34. The number of carbonyl (C=O) groups excluding carboxylic acids is 2. The first-order valence-corrected chi connectivity index (χ1v) is 9.51. The third-order valence-corrected chi connectivity index (χ3v) is 5.44. The van der Waals surface area contributed by atoms with Crippen molar-refractivity contribution in [3.8, 4) is 0 Å². The molecule has 0 unspecified atom stereocenters. The number of urea groups is 1. The minimum atomic E-state index is -0.172. The minimum Gasteiger partial charge on any atom is -0.322 e. The molecule has 0 saturated carbocycles. The monoisotopic (exact) mass is 367 g/mol. The molecule has 7 heteroatoms. The molecule has 1 saturated heterocycles. The second-order valence-corrected chi connectivity index (χ2v) is 7.42. The van der Waals surface area contributed by atoms with E-state index >= 15 is 0 Å². The number of hydrogen-bond donors (Lipinski definition) is 2. The van der Waals surface area contributed by atoms with Crippen LogP contribution in [0.3, 0.4) is 0 Å². The molecule has 1 aromatic heterocycles. The zero-order valence-electron chi connectivity index (χ0n) is 15.8. The van der Waals surface area contributed by atoms with Crippen molar-refractivity contribution >= 4 is 23.3 Å². The van der Waals surface area contributed by atoms with Gasteiger partial charge in [-0.3, -0.25) is 9.89 Å². The molecule has 27 heavy (non-hydrogen) atoms. The number of benzene rings is 1. The summed E-state index contributed by atoms with van der Waals surface area (Å²) >= 11 is 0. The molecule has 3 amide bonds. The number of fused-ring (bicyclic) bond motifs is 1. The highest BCUT2D eigenvalue weighted by Crippen LogP contribution is 2.28. The van der Waals surface area contributed by atoms with Crippen LogP contribution in [0.15, 0.2) is 18.2 Å². The number of carbonyl (C=O) groups is 2. The lowest BCUT2D eigenvalue weighted by molar-refractivity contribution is -0.117.